The Hall–Kier alpha value is -2.36. The normalized spacial score (nSPS) is 10.0. The minimum atomic E-state index is 0.577. The van der Waals surface area contributed by atoms with Gasteiger partial charge < -0.3 is 18.9 Å². The van der Waals surface area contributed by atoms with Crippen LogP contribution in [0.4, 0.5) is 0 Å². The van der Waals surface area contributed by atoms with E-state index < -0.39 is 0 Å². The second-order valence-electron chi connectivity index (χ2n) is 4.11. The fourth-order valence-electron chi connectivity index (χ4n) is 2.12. The van der Waals surface area contributed by atoms with Crippen LogP contribution in [0.5, 0.6) is 23.0 Å². The van der Waals surface area contributed by atoms with Crippen molar-refractivity contribution in [2.45, 2.75) is 0 Å². The Balaban J connectivity index is 2.63. The van der Waals surface area contributed by atoms with Crippen molar-refractivity contribution < 1.29 is 18.9 Å². The van der Waals surface area contributed by atoms with Crippen LogP contribution < -0.4 is 18.9 Å². The molecule has 0 aliphatic carbocycles. The summed E-state index contributed by atoms with van der Waals surface area (Å²) < 4.78 is 21.5. The predicted molar refractivity (Wildman–Crippen MR) is 78.1 cm³/mol. The van der Waals surface area contributed by atoms with E-state index in [2.05, 4.69) is 0 Å². The Kier molecular flexibility index (Phi) is 4.35. The highest BCUT2D eigenvalue weighted by Crippen LogP contribution is 2.42. The summed E-state index contributed by atoms with van der Waals surface area (Å²) in [5.41, 5.74) is 1.91. The summed E-state index contributed by atoms with van der Waals surface area (Å²) in [5.74, 6) is 2.61. The summed E-state index contributed by atoms with van der Waals surface area (Å²) >= 11 is 0. The second kappa shape index (κ2) is 6.19. The van der Waals surface area contributed by atoms with Crippen LogP contribution >= 0.6 is 0 Å². The lowest BCUT2D eigenvalue weighted by atomic mass is 10.0. The zero-order valence-electron chi connectivity index (χ0n) is 12.1. The highest BCUT2D eigenvalue weighted by molar-refractivity contribution is 5.75. The highest BCUT2D eigenvalue weighted by atomic mass is 16.5. The Morgan fingerprint density at radius 2 is 1.20 bits per heavy atom. The molecule has 20 heavy (non-hydrogen) atoms. The third-order valence-corrected chi connectivity index (χ3v) is 3.08. The molecule has 0 aliphatic rings. The van der Waals surface area contributed by atoms with E-state index in [1.807, 2.05) is 36.4 Å². The van der Waals surface area contributed by atoms with Crippen molar-refractivity contribution in [1.82, 2.24) is 0 Å². The van der Waals surface area contributed by atoms with Gasteiger partial charge in [-0.2, -0.15) is 0 Å². The largest absolute Gasteiger partial charge is 0.496 e. The Morgan fingerprint density at radius 3 is 1.70 bits per heavy atom. The first-order chi connectivity index (χ1) is 9.74. The highest BCUT2D eigenvalue weighted by Gasteiger charge is 2.15. The monoisotopic (exact) mass is 274 g/mol. The second-order valence-corrected chi connectivity index (χ2v) is 4.11. The third-order valence-electron chi connectivity index (χ3n) is 3.08. The molecule has 0 N–H and O–H groups in total. The number of hydrogen-bond acceptors (Lipinski definition) is 4. The van der Waals surface area contributed by atoms with Gasteiger partial charge in [0, 0.05) is 5.56 Å². The first kappa shape index (κ1) is 14.1. The van der Waals surface area contributed by atoms with Gasteiger partial charge in [0.15, 0.2) is 11.5 Å². The molecule has 0 aliphatic heterocycles. The van der Waals surface area contributed by atoms with Crippen molar-refractivity contribution in [3.8, 4) is 34.1 Å². The van der Waals surface area contributed by atoms with E-state index in [0.717, 1.165) is 16.9 Å². The topological polar surface area (TPSA) is 36.9 Å². The molecule has 0 fully saturated rings. The molecule has 0 bridgehead atoms. The molecule has 2 aromatic rings. The number of hydrogen-bond donors (Lipinski definition) is 0. The quantitative estimate of drug-likeness (QED) is 0.837. The molecular formula is C16H18O4. The summed E-state index contributed by atoms with van der Waals surface area (Å²) in [4.78, 5) is 0. The number of ether oxygens (including phenoxy) is 4. The molecule has 0 heterocycles. The smallest absolute Gasteiger partial charge is 0.203 e. The van der Waals surface area contributed by atoms with E-state index in [-0.39, 0.29) is 0 Å². The van der Waals surface area contributed by atoms with Crippen molar-refractivity contribution in [2.75, 3.05) is 28.4 Å². The van der Waals surface area contributed by atoms with Gasteiger partial charge in [0.05, 0.1) is 28.4 Å². The van der Waals surface area contributed by atoms with Crippen LogP contribution in [0.1, 0.15) is 0 Å². The number of benzene rings is 2. The van der Waals surface area contributed by atoms with Crippen LogP contribution in [0.2, 0.25) is 0 Å². The number of para-hydroxylation sites is 1. The Bertz CT molecular complexity index is 568. The Labute approximate surface area is 118 Å². The van der Waals surface area contributed by atoms with Crippen molar-refractivity contribution in [2.24, 2.45) is 0 Å². The van der Waals surface area contributed by atoms with Crippen LogP contribution in [0.15, 0.2) is 36.4 Å². The molecule has 4 heteroatoms. The summed E-state index contributed by atoms with van der Waals surface area (Å²) in [6.07, 6.45) is 0. The third kappa shape index (κ3) is 2.50. The van der Waals surface area contributed by atoms with E-state index in [0.29, 0.717) is 17.2 Å². The summed E-state index contributed by atoms with van der Waals surface area (Å²) in [6.45, 7) is 0. The molecule has 2 rings (SSSR count). The minimum Gasteiger partial charge on any atom is -0.496 e. The molecule has 0 radical (unpaired) electrons. The molecule has 106 valence electrons. The van der Waals surface area contributed by atoms with Crippen LogP contribution in [-0.4, -0.2) is 28.4 Å². The van der Waals surface area contributed by atoms with Gasteiger partial charge in [0.25, 0.3) is 0 Å². The van der Waals surface area contributed by atoms with E-state index in [4.69, 9.17) is 18.9 Å². The van der Waals surface area contributed by atoms with Crippen LogP contribution in [0.25, 0.3) is 11.1 Å². The minimum absolute atomic E-state index is 0.577. The van der Waals surface area contributed by atoms with Crippen LogP contribution in [-0.2, 0) is 0 Å². The number of methoxy groups -OCH3 is 4. The van der Waals surface area contributed by atoms with Crippen LogP contribution in [0, 0.1) is 0 Å². The fraction of sp³-hybridized carbons (Fsp3) is 0.250. The average Bonchev–Trinajstić information content (AvgIpc) is 2.53. The molecule has 0 aromatic heterocycles. The average molecular weight is 274 g/mol. The molecule has 2 aromatic carbocycles. The van der Waals surface area contributed by atoms with Crippen LogP contribution in [0.3, 0.4) is 0 Å². The molecule has 0 spiro atoms. The van der Waals surface area contributed by atoms with Gasteiger partial charge in [-0.15, -0.1) is 0 Å². The van der Waals surface area contributed by atoms with Crippen molar-refractivity contribution in [1.29, 1.82) is 0 Å². The maximum absolute atomic E-state index is 5.39. The van der Waals surface area contributed by atoms with Crippen molar-refractivity contribution in [3.63, 3.8) is 0 Å². The maximum atomic E-state index is 5.39. The predicted octanol–water partition coefficient (Wildman–Crippen LogP) is 3.39. The fourth-order valence-corrected chi connectivity index (χ4v) is 2.12. The molecule has 0 saturated heterocycles. The van der Waals surface area contributed by atoms with Gasteiger partial charge in [0.1, 0.15) is 5.75 Å². The zero-order valence-corrected chi connectivity index (χ0v) is 12.1. The molecule has 0 unspecified atom stereocenters. The van der Waals surface area contributed by atoms with E-state index >= 15 is 0 Å². The standard InChI is InChI=1S/C16H18O4/c1-17-13-8-6-5-7-12(13)11-9-14(18-2)16(20-4)15(10-11)19-3/h5-10H,1-4H3. The van der Waals surface area contributed by atoms with Crippen molar-refractivity contribution in [3.05, 3.63) is 36.4 Å². The molecule has 0 amide bonds. The first-order valence-electron chi connectivity index (χ1n) is 6.18. The van der Waals surface area contributed by atoms with E-state index in [9.17, 15) is 0 Å². The van der Waals surface area contributed by atoms with Gasteiger partial charge in [-0.25, -0.2) is 0 Å². The van der Waals surface area contributed by atoms with E-state index in [1.54, 1.807) is 28.4 Å². The summed E-state index contributed by atoms with van der Waals surface area (Å²) in [5, 5.41) is 0. The molecular weight excluding hydrogens is 256 g/mol. The molecule has 4 nitrogen and oxygen atoms in total. The molecule has 0 atom stereocenters. The van der Waals surface area contributed by atoms with Gasteiger partial charge in [-0.1, -0.05) is 18.2 Å². The van der Waals surface area contributed by atoms with Gasteiger partial charge in [-0.3, -0.25) is 0 Å². The lowest BCUT2D eigenvalue weighted by Crippen LogP contribution is -1.96. The van der Waals surface area contributed by atoms with Gasteiger partial charge in [-0.05, 0) is 23.8 Å². The number of rotatable bonds is 5. The SMILES string of the molecule is COc1ccccc1-c1cc(OC)c(OC)c(OC)c1. The lowest BCUT2D eigenvalue weighted by molar-refractivity contribution is 0.324. The first-order valence-corrected chi connectivity index (χ1v) is 6.18. The van der Waals surface area contributed by atoms with Crippen molar-refractivity contribution >= 4 is 0 Å². The Morgan fingerprint density at radius 1 is 0.650 bits per heavy atom. The maximum Gasteiger partial charge on any atom is 0.203 e. The van der Waals surface area contributed by atoms with E-state index in [1.165, 1.54) is 0 Å². The summed E-state index contributed by atoms with van der Waals surface area (Å²) in [7, 11) is 6.44. The lowest BCUT2D eigenvalue weighted by Gasteiger charge is -2.15. The van der Waals surface area contributed by atoms with Gasteiger partial charge in [0.2, 0.25) is 5.75 Å². The summed E-state index contributed by atoms with van der Waals surface area (Å²) in [6, 6.07) is 11.6. The molecule has 0 saturated carbocycles. The van der Waals surface area contributed by atoms with Gasteiger partial charge >= 0.3 is 0 Å². The zero-order chi connectivity index (χ0) is 14.5.